The van der Waals surface area contributed by atoms with Crippen molar-refractivity contribution in [3.8, 4) is 0 Å². The number of carboxylic acids is 1. The standard InChI is InChI=1S/C16H22N2O7/c1-18(7-3-5-10(18)9-4-2-6-17-8-9)25-16-13(21)11(19)12(20)14(24-16)15(22)23/h2,4,6,8,10-14,16,19-21H,3,5,7H2,1H3/p+1/t10?,11-,12-,13+,14-,16-,18?/m0/s1. The third kappa shape index (κ3) is 3.39. The van der Waals surface area contributed by atoms with Crippen LogP contribution in [-0.4, -0.2) is 80.3 Å². The number of aliphatic hydroxyl groups is 3. The van der Waals surface area contributed by atoms with Crippen LogP contribution in [0.25, 0.3) is 0 Å². The molecule has 7 atom stereocenters. The van der Waals surface area contributed by atoms with Crippen molar-refractivity contribution in [3.05, 3.63) is 30.1 Å². The number of hydrogen-bond acceptors (Lipinski definition) is 7. The van der Waals surface area contributed by atoms with Crippen molar-refractivity contribution in [1.29, 1.82) is 0 Å². The second-order valence-electron chi connectivity index (χ2n) is 6.68. The summed E-state index contributed by atoms with van der Waals surface area (Å²) in [5.74, 6) is -1.43. The third-order valence-electron chi connectivity index (χ3n) is 4.97. The van der Waals surface area contributed by atoms with Crippen LogP contribution in [0.2, 0.25) is 0 Å². The number of hydrogen-bond donors (Lipinski definition) is 4. The van der Waals surface area contributed by atoms with Gasteiger partial charge in [0.2, 0.25) is 6.29 Å². The first-order valence-corrected chi connectivity index (χ1v) is 8.19. The summed E-state index contributed by atoms with van der Waals surface area (Å²) in [6.07, 6.45) is -2.90. The minimum Gasteiger partial charge on any atom is -0.479 e. The Bertz CT molecular complexity index is 616. The van der Waals surface area contributed by atoms with Gasteiger partial charge >= 0.3 is 5.97 Å². The number of quaternary nitrogens is 1. The number of rotatable bonds is 4. The molecule has 2 aliphatic heterocycles. The average Bonchev–Trinajstić information content (AvgIpc) is 2.97. The second-order valence-corrected chi connectivity index (χ2v) is 6.68. The van der Waals surface area contributed by atoms with E-state index in [0.717, 1.165) is 18.4 Å². The van der Waals surface area contributed by atoms with E-state index in [1.165, 1.54) is 0 Å². The Kier molecular flexibility index (Phi) is 5.05. The van der Waals surface area contributed by atoms with Crippen LogP contribution in [0, 0.1) is 0 Å². The zero-order valence-corrected chi connectivity index (χ0v) is 13.8. The van der Waals surface area contributed by atoms with Gasteiger partial charge in [0, 0.05) is 30.8 Å². The Morgan fingerprint density at radius 3 is 2.72 bits per heavy atom. The van der Waals surface area contributed by atoms with E-state index < -0.39 is 36.7 Å². The molecule has 4 N–H and O–H groups in total. The summed E-state index contributed by atoms with van der Waals surface area (Å²) < 4.78 is 5.30. The smallest absolute Gasteiger partial charge is 0.335 e. The van der Waals surface area contributed by atoms with Gasteiger partial charge < -0.3 is 25.2 Å². The largest absolute Gasteiger partial charge is 0.479 e. The van der Waals surface area contributed by atoms with E-state index >= 15 is 0 Å². The number of pyridine rings is 1. The van der Waals surface area contributed by atoms with Crippen molar-refractivity contribution in [1.82, 2.24) is 4.98 Å². The van der Waals surface area contributed by atoms with Crippen LogP contribution in [0.4, 0.5) is 0 Å². The number of ether oxygens (including phenoxy) is 1. The molecular formula is C16H23N2O7+. The topological polar surface area (TPSA) is 129 Å². The van der Waals surface area contributed by atoms with Gasteiger partial charge in [0.05, 0.1) is 7.05 Å². The van der Waals surface area contributed by atoms with E-state index in [4.69, 9.17) is 14.7 Å². The summed E-state index contributed by atoms with van der Waals surface area (Å²) in [6.45, 7) is 0.628. The molecule has 0 aromatic carbocycles. The predicted octanol–water partition coefficient (Wildman–Crippen LogP) is -0.813. The molecule has 0 saturated carbocycles. The van der Waals surface area contributed by atoms with Crippen molar-refractivity contribution >= 4 is 5.97 Å². The highest BCUT2D eigenvalue weighted by Crippen LogP contribution is 2.39. The Morgan fingerprint density at radius 1 is 1.32 bits per heavy atom. The van der Waals surface area contributed by atoms with E-state index in [2.05, 4.69) is 4.98 Å². The first-order valence-electron chi connectivity index (χ1n) is 8.19. The molecule has 0 radical (unpaired) electrons. The van der Waals surface area contributed by atoms with Crippen LogP contribution in [-0.2, 0) is 14.4 Å². The highest BCUT2D eigenvalue weighted by molar-refractivity contribution is 5.73. The Balaban J connectivity index is 1.80. The van der Waals surface area contributed by atoms with Gasteiger partial charge in [-0.25, -0.2) is 4.79 Å². The van der Waals surface area contributed by atoms with E-state index in [9.17, 15) is 20.1 Å². The number of carboxylic acid groups (broad SMARTS) is 1. The fourth-order valence-corrected chi connectivity index (χ4v) is 3.59. The lowest BCUT2D eigenvalue weighted by Gasteiger charge is -2.42. The molecule has 2 unspecified atom stereocenters. The van der Waals surface area contributed by atoms with Crippen molar-refractivity contribution in [3.63, 3.8) is 0 Å². The monoisotopic (exact) mass is 355 g/mol. The summed E-state index contributed by atoms with van der Waals surface area (Å²) in [7, 11) is 1.81. The SMILES string of the molecule is C[N+]1(O[C@@H]2O[C@H](C(=O)O)[C@@H](O)[C@H](O)[C@H]2O)CCCC1c1cccnc1. The summed E-state index contributed by atoms with van der Waals surface area (Å²) in [5, 5.41) is 39.0. The predicted molar refractivity (Wildman–Crippen MR) is 82.7 cm³/mol. The van der Waals surface area contributed by atoms with E-state index in [1.54, 1.807) is 12.4 Å². The van der Waals surface area contributed by atoms with Crippen LogP contribution in [0.1, 0.15) is 24.4 Å². The molecule has 0 aliphatic carbocycles. The molecule has 9 nitrogen and oxygen atoms in total. The summed E-state index contributed by atoms with van der Waals surface area (Å²) in [5.41, 5.74) is 0.961. The Labute approximate surface area is 144 Å². The van der Waals surface area contributed by atoms with Crippen molar-refractivity contribution in [2.24, 2.45) is 0 Å². The van der Waals surface area contributed by atoms with E-state index in [1.807, 2.05) is 19.2 Å². The molecule has 0 bridgehead atoms. The van der Waals surface area contributed by atoms with Gasteiger partial charge in [-0.3, -0.25) is 4.98 Å². The zero-order valence-electron chi connectivity index (χ0n) is 13.8. The molecule has 0 amide bonds. The molecule has 138 valence electrons. The van der Waals surface area contributed by atoms with Crippen LogP contribution in [0.5, 0.6) is 0 Å². The van der Waals surface area contributed by atoms with Crippen molar-refractivity contribution in [2.45, 2.75) is 49.6 Å². The summed E-state index contributed by atoms with van der Waals surface area (Å²) in [4.78, 5) is 21.3. The van der Waals surface area contributed by atoms with Crippen LogP contribution in [0.3, 0.4) is 0 Å². The lowest BCUT2D eigenvalue weighted by Crippen LogP contribution is -2.63. The maximum Gasteiger partial charge on any atom is 0.335 e. The number of likely N-dealkylation sites (tertiary alicyclic amines) is 1. The number of aliphatic hydroxyl groups excluding tert-OH is 3. The maximum atomic E-state index is 11.2. The van der Waals surface area contributed by atoms with Gasteiger partial charge in [-0.1, -0.05) is 0 Å². The van der Waals surface area contributed by atoms with Crippen molar-refractivity contribution in [2.75, 3.05) is 13.6 Å². The molecule has 0 spiro atoms. The average molecular weight is 355 g/mol. The van der Waals surface area contributed by atoms with Gasteiger partial charge in [0.15, 0.2) is 6.10 Å². The fourth-order valence-electron chi connectivity index (χ4n) is 3.59. The third-order valence-corrected chi connectivity index (χ3v) is 4.97. The molecule has 3 rings (SSSR count). The van der Waals surface area contributed by atoms with Gasteiger partial charge in [0.1, 0.15) is 30.9 Å². The number of carbonyl (C=O) groups is 1. The minimum atomic E-state index is -1.73. The molecule has 25 heavy (non-hydrogen) atoms. The molecule has 2 aliphatic rings. The van der Waals surface area contributed by atoms with E-state index in [-0.39, 0.29) is 10.7 Å². The van der Waals surface area contributed by atoms with Crippen LogP contribution in [0.15, 0.2) is 24.5 Å². The highest BCUT2D eigenvalue weighted by Gasteiger charge is 2.52. The van der Waals surface area contributed by atoms with Crippen LogP contribution < -0.4 is 0 Å². The Morgan fingerprint density at radius 2 is 2.08 bits per heavy atom. The number of hydroxylamine groups is 3. The quantitative estimate of drug-likeness (QED) is 0.516. The van der Waals surface area contributed by atoms with Gasteiger partial charge in [-0.05, 0) is 12.1 Å². The number of aliphatic carboxylic acids is 1. The number of nitrogens with zero attached hydrogens (tertiary/aromatic N) is 2. The molecule has 2 saturated heterocycles. The molecular weight excluding hydrogens is 332 g/mol. The normalized spacial score (nSPS) is 41.6. The molecule has 9 heteroatoms. The molecule has 1 aromatic rings. The summed E-state index contributed by atoms with van der Waals surface area (Å²) >= 11 is 0. The maximum absolute atomic E-state index is 11.2. The van der Waals surface area contributed by atoms with Crippen molar-refractivity contribution < 1.29 is 39.4 Å². The van der Waals surface area contributed by atoms with Gasteiger partial charge in [-0.2, -0.15) is 9.48 Å². The van der Waals surface area contributed by atoms with Crippen LogP contribution >= 0.6 is 0 Å². The molecule has 3 heterocycles. The zero-order chi connectivity index (χ0) is 18.2. The fraction of sp³-hybridized carbons (Fsp3) is 0.625. The first kappa shape index (κ1) is 18.2. The van der Waals surface area contributed by atoms with Gasteiger partial charge in [-0.15, -0.1) is 0 Å². The lowest BCUT2D eigenvalue weighted by atomic mass is 9.99. The summed E-state index contributed by atoms with van der Waals surface area (Å²) in [6, 6.07) is 3.70. The Hall–Kier alpha value is -1.62. The molecule has 2 fully saturated rings. The highest BCUT2D eigenvalue weighted by atomic mass is 16.8. The van der Waals surface area contributed by atoms with E-state index in [0.29, 0.717) is 6.54 Å². The first-order chi connectivity index (χ1) is 11.8. The lowest BCUT2D eigenvalue weighted by molar-refractivity contribution is -1.11. The molecule has 1 aromatic heterocycles. The number of aromatic nitrogens is 1. The minimum absolute atomic E-state index is 0.0581. The van der Waals surface area contributed by atoms with Gasteiger partial charge in [0.25, 0.3) is 0 Å². The second kappa shape index (κ2) is 6.94.